The smallest absolute Gasteiger partial charge is 0.243 e. The maximum absolute atomic E-state index is 12.6. The molecule has 1 aliphatic heterocycles. The number of rotatable bonds is 4. The van der Waals surface area contributed by atoms with Crippen LogP contribution in [0, 0.1) is 13.8 Å². The SMILES string of the molecule is Cc1ccc(C)c(S(=O)(=O)N(C)CC2(O)CCNC2)c1. The van der Waals surface area contributed by atoms with Gasteiger partial charge in [-0.2, -0.15) is 4.31 Å². The molecular formula is C14H22N2O3S. The summed E-state index contributed by atoms with van der Waals surface area (Å²) in [6, 6.07) is 5.38. The van der Waals surface area contributed by atoms with E-state index in [0.29, 0.717) is 24.4 Å². The summed E-state index contributed by atoms with van der Waals surface area (Å²) in [6.07, 6.45) is 0.569. The molecule has 1 saturated heterocycles. The van der Waals surface area contributed by atoms with E-state index in [0.717, 1.165) is 11.1 Å². The quantitative estimate of drug-likeness (QED) is 0.856. The first-order valence-electron chi connectivity index (χ1n) is 6.71. The fourth-order valence-electron chi connectivity index (χ4n) is 2.52. The van der Waals surface area contributed by atoms with E-state index < -0.39 is 15.6 Å². The van der Waals surface area contributed by atoms with Crippen LogP contribution in [0.4, 0.5) is 0 Å². The molecular weight excluding hydrogens is 276 g/mol. The van der Waals surface area contributed by atoms with Gasteiger partial charge in [-0.25, -0.2) is 8.42 Å². The van der Waals surface area contributed by atoms with E-state index in [1.54, 1.807) is 13.0 Å². The highest BCUT2D eigenvalue weighted by Crippen LogP contribution is 2.23. The van der Waals surface area contributed by atoms with Gasteiger partial charge in [-0.3, -0.25) is 0 Å². The maximum atomic E-state index is 12.6. The molecule has 0 bridgehead atoms. The molecule has 1 aromatic carbocycles. The van der Waals surface area contributed by atoms with Gasteiger partial charge < -0.3 is 10.4 Å². The summed E-state index contributed by atoms with van der Waals surface area (Å²) < 4.78 is 26.5. The standard InChI is InChI=1S/C14H22N2O3S/c1-11-4-5-12(2)13(8-11)20(18,19)16(3)10-14(17)6-7-15-9-14/h4-5,8,15,17H,6-7,9-10H2,1-3H3. The number of nitrogens with zero attached hydrogens (tertiary/aromatic N) is 1. The molecule has 1 heterocycles. The van der Waals surface area contributed by atoms with Gasteiger partial charge in [0.05, 0.1) is 10.5 Å². The molecule has 20 heavy (non-hydrogen) atoms. The Bertz CT molecular complexity index is 592. The molecule has 5 nitrogen and oxygen atoms in total. The first kappa shape index (κ1) is 15.4. The Morgan fingerprint density at radius 1 is 1.40 bits per heavy atom. The van der Waals surface area contributed by atoms with E-state index in [1.807, 2.05) is 19.1 Å². The fraction of sp³-hybridized carbons (Fsp3) is 0.571. The number of benzene rings is 1. The van der Waals surface area contributed by atoms with Crippen molar-refractivity contribution in [3.63, 3.8) is 0 Å². The summed E-state index contributed by atoms with van der Waals surface area (Å²) in [5.74, 6) is 0. The summed E-state index contributed by atoms with van der Waals surface area (Å²) in [7, 11) is -2.05. The van der Waals surface area contributed by atoms with Gasteiger partial charge in [-0.1, -0.05) is 12.1 Å². The lowest BCUT2D eigenvalue weighted by Crippen LogP contribution is -2.45. The third kappa shape index (κ3) is 3.03. The van der Waals surface area contributed by atoms with Crippen molar-refractivity contribution >= 4 is 10.0 Å². The Hall–Kier alpha value is -0.950. The molecule has 2 rings (SSSR count). The van der Waals surface area contributed by atoms with E-state index in [9.17, 15) is 13.5 Å². The Balaban J connectivity index is 2.27. The number of aliphatic hydroxyl groups is 1. The van der Waals surface area contributed by atoms with Crippen molar-refractivity contribution in [2.45, 2.75) is 30.8 Å². The Morgan fingerprint density at radius 3 is 2.70 bits per heavy atom. The van der Waals surface area contributed by atoms with Crippen LogP contribution in [0.1, 0.15) is 17.5 Å². The molecule has 0 amide bonds. The van der Waals surface area contributed by atoms with Gasteiger partial charge in [0.1, 0.15) is 0 Å². The van der Waals surface area contributed by atoms with Gasteiger partial charge in [-0.05, 0) is 44.0 Å². The molecule has 1 fully saturated rings. The van der Waals surface area contributed by atoms with Crippen molar-refractivity contribution in [3.05, 3.63) is 29.3 Å². The summed E-state index contributed by atoms with van der Waals surface area (Å²) >= 11 is 0. The number of nitrogens with one attached hydrogen (secondary N) is 1. The monoisotopic (exact) mass is 298 g/mol. The highest BCUT2D eigenvalue weighted by Gasteiger charge is 2.36. The predicted octanol–water partition coefficient (Wildman–Crippen LogP) is 0.648. The zero-order chi connectivity index (χ0) is 15.0. The molecule has 6 heteroatoms. The third-order valence-corrected chi connectivity index (χ3v) is 5.72. The van der Waals surface area contributed by atoms with E-state index in [2.05, 4.69) is 5.32 Å². The molecule has 2 N–H and O–H groups in total. The van der Waals surface area contributed by atoms with Gasteiger partial charge in [-0.15, -0.1) is 0 Å². The highest BCUT2D eigenvalue weighted by molar-refractivity contribution is 7.89. The van der Waals surface area contributed by atoms with Crippen LogP contribution >= 0.6 is 0 Å². The Morgan fingerprint density at radius 2 is 2.10 bits per heavy atom. The Kier molecular flexibility index (Phi) is 4.20. The number of likely N-dealkylation sites (N-methyl/N-ethyl adjacent to an activating group) is 1. The number of sulfonamides is 1. The lowest BCUT2D eigenvalue weighted by atomic mass is 10.0. The molecule has 1 unspecified atom stereocenters. The van der Waals surface area contributed by atoms with Crippen molar-refractivity contribution in [2.24, 2.45) is 0 Å². The van der Waals surface area contributed by atoms with Crippen LogP contribution in [0.15, 0.2) is 23.1 Å². The first-order chi connectivity index (χ1) is 9.24. The van der Waals surface area contributed by atoms with E-state index in [1.165, 1.54) is 11.4 Å². The molecule has 0 aromatic heterocycles. The second kappa shape index (κ2) is 5.44. The first-order valence-corrected chi connectivity index (χ1v) is 8.15. The molecule has 0 aliphatic carbocycles. The molecule has 1 aliphatic rings. The zero-order valence-electron chi connectivity index (χ0n) is 12.2. The third-order valence-electron chi connectivity index (χ3n) is 3.77. The second-order valence-electron chi connectivity index (χ2n) is 5.68. The zero-order valence-corrected chi connectivity index (χ0v) is 13.0. The highest BCUT2D eigenvalue weighted by atomic mass is 32.2. The molecule has 1 atom stereocenters. The van der Waals surface area contributed by atoms with Crippen LogP contribution in [0.25, 0.3) is 0 Å². The Labute approximate surface area is 120 Å². The van der Waals surface area contributed by atoms with Crippen LogP contribution in [0.3, 0.4) is 0 Å². The van der Waals surface area contributed by atoms with Gasteiger partial charge >= 0.3 is 0 Å². The average molecular weight is 298 g/mol. The van der Waals surface area contributed by atoms with Gasteiger partial charge in [0, 0.05) is 20.1 Å². The molecule has 0 saturated carbocycles. The van der Waals surface area contributed by atoms with Crippen molar-refractivity contribution in [1.82, 2.24) is 9.62 Å². The van der Waals surface area contributed by atoms with Crippen molar-refractivity contribution in [2.75, 3.05) is 26.7 Å². The minimum Gasteiger partial charge on any atom is -0.387 e. The molecule has 0 spiro atoms. The van der Waals surface area contributed by atoms with Crippen LogP contribution in [-0.4, -0.2) is 50.1 Å². The average Bonchev–Trinajstić information content (AvgIpc) is 2.78. The predicted molar refractivity (Wildman–Crippen MR) is 78.2 cm³/mol. The number of hydrogen-bond donors (Lipinski definition) is 2. The van der Waals surface area contributed by atoms with Crippen molar-refractivity contribution in [1.29, 1.82) is 0 Å². The summed E-state index contributed by atoms with van der Waals surface area (Å²) in [6.45, 7) is 4.90. The lowest BCUT2D eigenvalue weighted by molar-refractivity contribution is 0.0462. The second-order valence-corrected chi connectivity index (χ2v) is 7.69. The number of hydrogen-bond acceptors (Lipinski definition) is 4. The van der Waals surface area contributed by atoms with Crippen LogP contribution < -0.4 is 5.32 Å². The minimum atomic E-state index is -3.57. The van der Waals surface area contributed by atoms with Crippen molar-refractivity contribution < 1.29 is 13.5 Å². The van der Waals surface area contributed by atoms with E-state index in [-0.39, 0.29) is 6.54 Å². The molecule has 112 valence electrons. The van der Waals surface area contributed by atoms with Gasteiger partial charge in [0.15, 0.2) is 0 Å². The normalized spacial score (nSPS) is 23.4. The maximum Gasteiger partial charge on any atom is 0.243 e. The van der Waals surface area contributed by atoms with E-state index >= 15 is 0 Å². The van der Waals surface area contributed by atoms with Gasteiger partial charge in [0.25, 0.3) is 0 Å². The van der Waals surface area contributed by atoms with Crippen LogP contribution in [0.5, 0.6) is 0 Å². The van der Waals surface area contributed by atoms with Crippen molar-refractivity contribution in [3.8, 4) is 0 Å². The molecule has 1 aromatic rings. The minimum absolute atomic E-state index is 0.107. The van der Waals surface area contributed by atoms with Gasteiger partial charge in [0.2, 0.25) is 10.0 Å². The largest absolute Gasteiger partial charge is 0.387 e. The van der Waals surface area contributed by atoms with Crippen LogP contribution in [0.2, 0.25) is 0 Å². The number of aryl methyl sites for hydroxylation is 2. The van der Waals surface area contributed by atoms with E-state index in [4.69, 9.17) is 0 Å². The summed E-state index contributed by atoms with van der Waals surface area (Å²) in [5, 5.41) is 13.4. The number of β-amino-alcohol motifs (C(OH)–C–C–N with tert-alkyl or cyclic N) is 1. The fourth-order valence-corrected chi connectivity index (χ4v) is 4.07. The lowest BCUT2D eigenvalue weighted by Gasteiger charge is -2.28. The topological polar surface area (TPSA) is 69.6 Å². The van der Waals surface area contributed by atoms with Crippen LogP contribution in [-0.2, 0) is 10.0 Å². The molecule has 0 radical (unpaired) electrons. The summed E-state index contributed by atoms with van der Waals surface area (Å²) in [4.78, 5) is 0.314. The summed E-state index contributed by atoms with van der Waals surface area (Å²) in [5.41, 5.74) is 0.655.